The molecule has 0 aromatic carbocycles. The minimum atomic E-state index is -1.59. The van der Waals surface area contributed by atoms with Gasteiger partial charge in [0.15, 0.2) is 5.92 Å². The number of aliphatic hydroxyl groups is 1. The summed E-state index contributed by atoms with van der Waals surface area (Å²) in [5.74, 6) is -4.15. The number of nitrogens with zero attached hydrogens (tertiary/aromatic N) is 3. The van der Waals surface area contributed by atoms with Crippen molar-refractivity contribution in [1.82, 2.24) is 15.2 Å². The third-order valence-corrected chi connectivity index (χ3v) is 9.59. The van der Waals surface area contributed by atoms with Gasteiger partial charge in [-0.25, -0.2) is 4.79 Å². The second-order valence-corrected chi connectivity index (χ2v) is 17.2. The predicted molar refractivity (Wildman–Crippen MR) is 161 cm³/mol. The quantitative estimate of drug-likeness (QED) is 0.276. The maximum Gasteiger partial charge on any atom is 0.339 e. The van der Waals surface area contributed by atoms with E-state index in [2.05, 4.69) is 0 Å². The van der Waals surface area contributed by atoms with E-state index in [4.69, 9.17) is 14.3 Å². The first-order valence-electron chi connectivity index (χ1n) is 15.7. The van der Waals surface area contributed by atoms with Crippen LogP contribution in [0.1, 0.15) is 115 Å². The van der Waals surface area contributed by atoms with Crippen LogP contribution in [0, 0.1) is 16.7 Å². The van der Waals surface area contributed by atoms with Crippen molar-refractivity contribution in [2.75, 3.05) is 13.1 Å². The van der Waals surface area contributed by atoms with Crippen LogP contribution >= 0.6 is 0 Å². The SMILES string of the molecule is CC1(C)CN(OC(=O)C(CC(=O)OC2CC(C)(C)N(O)C(C)(C)C2)C(=O)OC2CC(C)(C)N(O)C(C)(C)C2)CC(C)(C)C1O. The molecule has 0 bridgehead atoms. The van der Waals surface area contributed by atoms with Gasteiger partial charge in [0.25, 0.3) is 0 Å². The molecule has 12 nitrogen and oxygen atoms in total. The largest absolute Gasteiger partial charge is 0.462 e. The van der Waals surface area contributed by atoms with Crippen LogP contribution in [0.2, 0.25) is 0 Å². The van der Waals surface area contributed by atoms with Crippen molar-refractivity contribution in [2.24, 2.45) is 16.7 Å². The highest BCUT2D eigenvalue weighted by molar-refractivity contribution is 5.98. The molecular formula is C32H57N3O9. The van der Waals surface area contributed by atoms with Crippen LogP contribution < -0.4 is 0 Å². The minimum absolute atomic E-state index is 0.233. The highest BCUT2D eigenvalue weighted by Gasteiger charge is 2.51. The maximum atomic E-state index is 13.7. The fraction of sp³-hybridized carbons (Fsp3) is 0.906. The van der Waals surface area contributed by atoms with E-state index in [-0.39, 0.29) is 13.1 Å². The van der Waals surface area contributed by atoms with Gasteiger partial charge in [-0.3, -0.25) is 9.59 Å². The smallest absolute Gasteiger partial charge is 0.339 e. The number of hydrogen-bond donors (Lipinski definition) is 3. The van der Waals surface area contributed by atoms with E-state index in [9.17, 15) is 29.9 Å². The van der Waals surface area contributed by atoms with Gasteiger partial charge in [-0.1, -0.05) is 27.7 Å². The average molecular weight is 628 g/mol. The molecule has 3 heterocycles. The van der Waals surface area contributed by atoms with Crippen molar-refractivity contribution in [1.29, 1.82) is 0 Å². The highest BCUT2D eigenvalue weighted by atomic mass is 16.7. The van der Waals surface area contributed by atoms with Crippen molar-refractivity contribution < 1.29 is 44.2 Å². The second kappa shape index (κ2) is 12.1. The molecule has 44 heavy (non-hydrogen) atoms. The van der Waals surface area contributed by atoms with E-state index < -0.39 is 81.5 Å². The summed E-state index contributed by atoms with van der Waals surface area (Å²) in [4.78, 5) is 46.4. The van der Waals surface area contributed by atoms with E-state index >= 15 is 0 Å². The Morgan fingerprint density at radius 2 is 1.02 bits per heavy atom. The number of hydrogen-bond acceptors (Lipinski definition) is 12. The van der Waals surface area contributed by atoms with Crippen LogP contribution in [0.3, 0.4) is 0 Å². The molecule has 0 aromatic heterocycles. The molecule has 0 aliphatic carbocycles. The van der Waals surface area contributed by atoms with E-state index in [0.29, 0.717) is 25.7 Å². The standard InChI is InChI=1S/C32H57N3O9/c1-27(2)18-33(19-28(3,4)26(27)39)44-25(38)22(24(37)43-21-16-31(9,10)35(41)32(11,12)17-21)13-23(36)42-20-14-29(5,6)34(40)30(7,8)15-20/h20-22,26,39-41H,13-19H2,1-12H3. The van der Waals surface area contributed by atoms with Crippen molar-refractivity contribution in [2.45, 2.75) is 156 Å². The molecule has 3 aliphatic rings. The Balaban J connectivity index is 1.81. The Bertz CT molecular complexity index is 991. The normalized spacial score (nSPS) is 28.2. The molecule has 0 aromatic rings. The number of esters is 2. The molecule has 254 valence electrons. The van der Waals surface area contributed by atoms with Crippen LogP contribution in [0.25, 0.3) is 0 Å². The number of aliphatic hydroxyl groups excluding tert-OH is 1. The van der Waals surface area contributed by atoms with E-state index in [0.717, 1.165) is 0 Å². The fourth-order valence-corrected chi connectivity index (χ4v) is 7.89. The molecule has 0 saturated carbocycles. The number of carbonyl (C=O) groups excluding carboxylic acids is 3. The van der Waals surface area contributed by atoms with E-state index in [1.807, 2.05) is 83.1 Å². The van der Waals surface area contributed by atoms with Gasteiger partial charge in [0.1, 0.15) is 12.2 Å². The molecule has 0 radical (unpaired) electrons. The summed E-state index contributed by atoms with van der Waals surface area (Å²) in [5, 5.41) is 36.1. The van der Waals surface area contributed by atoms with Gasteiger partial charge in [0.05, 0.1) is 12.5 Å². The molecule has 12 heteroatoms. The van der Waals surface area contributed by atoms with Crippen LogP contribution in [-0.4, -0.2) is 102 Å². The second-order valence-electron chi connectivity index (χ2n) is 17.2. The van der Waals surface area contributed by atoms with Crippen LogP contribution in [0.5, 0.6) is 0 Å². The third-order valence-electron chi connectivity index (χ3n) is 9.59. The molecule has 3 rings (SSSR count). The number of hydroxylamine groups is 6. The molecule has 0 amide bonds. The zero-order valence-electron chi connectivity index (χ0n) is 28.9. The maximum absolute atomic E-state index is 13.7. The summed E-state index contributed by atoms with van der Waals surface area (Å²) in [5.41, 5.74) is -3.93. The Kier molecular flexibility index (Phi) is 10.1. The summed E-state index contributed by atoms with van der Waals surface area (Å²) in [6, 6.07) is 0. The van der Waals surface area contributed by atoms with Crippen molar-refractivity contribution in [3.63, 3.8) is 0 Å². The van der Waals surface area contributed by atoms with Crippen LogP contribution in [0.15, 0.2) is 0 Å². The van der Waals surface area contributed by atoms with E-state index in [1.54, 1.807) is 0 Å². The van der Waals surface area contributed by atoms with Crippen molar-refractivity contribution in [3.8, 4) is 0 Å². The topological polar surface area (TPSA) is 149 Å². The Labute approximate surface area is 262 Å². The van der Waals surface area contributed by atoms with Crippen LogP contribution in [0.4, 0.5) is 0 Å². The number of piperidine rings is 3. The van der Waals surface area contributed by atoms with Crippen molar-refractivity contribution >= 4 is 17.9 Å². The minimum Gasteiger partial charge on any atom is -0.462 e. The lowest BCUT2D eigenvalue weighted by Crippen LogP contribution is -2.61. The molecule has 1 atom stereocenters. The highest BCUT2D eigenvalue weighted by Crippen LogP contribution is 2.42. The zero-order valence-corrected chi connectivity index (χ0v) is 28.9. The summed E-state index contributed by atoms with van der Waals surface area (Å²) < 4.78 is 11.7. The van der Waals surface area contributed by atoms with Gasteiger partial charge in [-0.2, -0.15) is 10.1 Å². The Morgan fingerprint density at radius 3 is 1.41 bits per heavy atom. The van der Waals surface area contributed by atoms with Crippen molar-refractivity contribution in [3.05, 3.63) is 0 Å². The lowest BCUT2D eigenvalue weighted by molar-refractivity contribution is -0.261. The van der Waals surface area contributed by atoms with Gasteiger partial charge in [-0.05, 0) is 55.4 Å². The van der Waals surface area contributed by atoms with Gasteiger partial charge in [0, 0.05) is 71.8 Å². The number of ether oxygens (including phenoxy) is 2. The molecule has 3 N–H and O–H groups in total. The molecule has 3 saturated heterocycles. The van der Waals surface area contributed by atoms with Crippen LogP contribution in [-0.2, 0) is 28.7 Å². The fourth-order valence-electron chi connectivity index (χ4n) is 7.89. The van der Waals surface area contributed by atoms with Gasteiger partial charge >= 0.3 is 17.9 Å². The molecule has 1 unspecified atom stereocenters. The first-order valence-corrected chi connectivity index (χ1v) is 15.7. The van der Waals surface area contributed by atoms with Gasteiger partial charge in [0.2, 0.25) is 0 Å². The van der Waals surface area contributed by atoms with Gasteiger partial charge in [-0.15, -0.1) is 5.06 Å². The third kappa shape index (κ3) is 7.93. The summed E-state index contributed by atoms with van der Waals surface area (Å²) in [6.07, 6.45) is -1.01. The van der Waals surface area contributed by atoms with Gasteiger partial charge < -0.3 is 29.8 Å². The lowest BCUT2D eigenvalue weighted by atomic mass is 9.69. The molecular weight excluding hydrogens is 570 g/mol. The molecule has 3 fully saturated rings. The zero-order chi connectivity index (χ0) is 33.8. The first-order chi connectivity index (χ1) is 19.7. The number of rotatable bonds is 7. The number of carbonyl (C=O) groups is 3. The lowest BCUT2D eigenvalue weighted by Gasteiger charge is -2.51. The molecule has 3 aliphatic heterocycles. The summed E-state index contributed by atoms with van der Waals surface area (Å²) in [6.45, 7) is 22.7. The molecule has 0 spiro atoms. The Morgan fingerprint density at radius 1 is 0.659 bits per heavy atom. The first kappa shape index (κ1) is 36.6. The monoisotopic (exact) mass is 627 g/mol. The van der Waals surface area contributed by atoms with E-state index in [1.165, 1.54) is 15.2 Å². The predicted octanol–water partition coefficient (Wildman–Crippen LogP) is 4.09. The average Bonchev–Trinajstić information content (AvgIpc) is 2.81. The Hall–Kier alpha value is -1.83. The summed E-state index contributed by atoms with van der Waals surface area (Å²) >= 11 is 0. The summed E-state index contributed by atoms with van der Waals surface area (Å²) in [7, 11) is 0.